The molecular formula is C22H33IN4O3. The zero-order chi connectivity index (χ0) is 20.5. The molecule has 0 saturated carbocycles. The molecular weight excluding hydrogens is 495 g/mol. The standard InChI is InChI=1S/C22H32N4O3.HI/c1-17-4-7-19(8-5-17)28-13-10-24-22(23-3)25-16-20(21-9-6-18(2)29-21)26-11-14-27-15-12-26;/h4-9,20H,10-16H2,1-3H3,(H2,23,24,25);1H. The fraction of sp³-hybridized carbons (Fsp3) is 0.500. The first-order chi connectivity index (χ1) is 14.2. The summed E-state index contributed by atoms with van der Waals surface area (Å²) in [5, 5.41) is 6.73. The van der Waals surface area contributed by atoms with Gasteiger partial charge >= 0.3 is 0 Å². The van der Waals surface area contributed by atoms with Crippen molar-refractivity contribution in [1.29, 1.82) is 0 Å². The summed E-state index contributed by atoms with van der Waals surface area (Å²) in [7, 11) is 1.77. The largest absolute Gasteiger partial charge is 0.492 e. The van der Waals surface area contributed by atoms with Crippen molar-refractivity contribution in [3.05, 3.63) is 53.5 Å². The average Bonchev–Trinajstić information content (AvgIpc) is 3.17. The summed E-state index contributed by atoms with van der Waals surface area (Å²) in [6.07, 6.45) is 0. The zero-order valence-electron chi connectivity index (χ0n) is 18.0. The summed E-state index contributed by atoms with van der Waals surface area (Å²) in [5.41, 5.74) is 1.22. The summed E-state index contributed by atoms with van der Waals surface area (Å²) in [6, 6.07) is 12.3. The third-order valence-corrected chi connectivity index (χ3v) is 4.95. The van der Waals surface area contributed by atoms with Crippen LogP contribution in [0.25, 0.3) is 0 Å². The van der Waals surface area contributed by atoms with Gasteiger partial charge in [0.25, 0.3) is 0 Å². The van der Waals surface area contributed by atoms with E-state index in [0.29, 0.717) is 19.7 Å². The van der Waals surface area contributed by atoms with Crippen LogP contribution in [-0.4, -0.2) is 63.9 Å². The van der Waals surface area contributed by atoms with Gasteiger partial charge in [0.2, 0.25) is 0 Å². The van der Waals surface area contributed by atoms with Crippen LogP contribution in [0.15, 0.2) is 45.8 Å². The summed E-state index contributed by atoms with van der Waals surface area (Å²) >= 11 is 0. The zero-order valence-corrected chi connectivity index (χ0v) is 20.3. The molecule has 2 aromatic rings. The van der Waals surface area contributed by atoms with Crippen molar-refractivity contribution in [2.45, 2.75) is 19.9 Å². The second-order valence-corrected chi connectivity index (χ2v) is 7.15. The van der Waals surface area contributed by atoms with Crippen molar-refractivity contribution in [3.8, 4) is 5.75 Å². The van der Waals surface area contributed by atoms with Crippen LogP contribution in [0, 0.1) is 13.8 Å². The number of aliphatic imine (C=N–C) groups is 1. The summed E-state index contributed by atoms with van der Waals surface area (Å²) in [5.74, 6) is 3.52. The molecule has 0 bridgehead atoms. The second-order valence-electron chi connectivity index (χ2n) is 7.15. The number of morpholine rings is 1. The van der Waals surface area contributed by atoms with Crippen molar-refractivity contribution >= 4 is 29.9 Å². The molecule has 0 aliphatic carbocycles. The van der Waals surface area contributed by atoms with Crippen molar-refractivity contribution in [2.24, 2.45) is 4.99 Å². The number of nitrogens with one attached hydrogen (secondary N) is 2. The Morgan fingerprint density at radius 3 is 2.47 bits per heavy atom. The lowest BCUT2D eigenvalue weighted by molar-refractivity contribution is 0.0124. The number of ether oxygens (including phenoxy) is 2. The molecule has 2 N–H and O–H groups in total. The Morgan fingerprint density at radius 1 is 1.10 bits per heavy atom. The smallest absolute Gasteiger partial charge is 0.191 e. The summed E-state index contributed by atoms with van der Waals surface area (Å²) in [4.78, 5) is 6.72. The number of rotatable bonds is 8. The van der Waals surface area contributed by atoms with Gasteiger partial charge in [-0.1, -0.05) is 17.7 Å². The molecule has 2 heterocycles. The molecule has 1 saturated heterocycles. The molecule has 1 atom stereocenters. The first-order valence-electron chi connectivity index (χ1n) is 10.2. The van der Waals surface area contributed by atoms with Crippen LogP contribution in [-0.2, 0) is 4.74 Å². The number of hydrogen-bond donors (Lipinski definition) is 2. The first kappa shape index (κ1) is 24.5. The number of guanidine groups is 1. The van der Waals surface area contributed by atoms with Crippen molar-refractivity contribution in [3.63, 3.8) is 0 Å². The third-order valence-electron chi connectivity index (χ3n) is 4.95. The Kier molecular flexibility index (Phi) is 10.5. The van der Waals surface area contributed by atoms with Crippen molar-refractivity contribution < 1.29 is 13.9 Å². The van der Waals surface area contributed by atoms with Gasteiger partial charge < -0.3 is 24.5 Å². The molecule has 1 aliphatic heterocycles. The Balaban J connectivity index is 0.00000320. The van der Waals surface area contributed by atoms with Crippen molar-refractivity contribution in [1.82, 2.24) is 15.5 Å². The third kappa shape index (κ3) is 7.48. The minimum Gasteiger partial charge on any atom is -0.492 e. The van der Waals surface area contributed by atoms with E-state index in [1.54, 1.807) is 7.05 Å². The van der Waals surface area contributed by atoms with E-state index in [9.17, 15) is 0 Å². The van der Waals surface area contributed by atoms with Crippen molar-refractivity contribution in [2.75, 3.05) is 53.0 Å². The maximum Gasteiger partial charge on any atom is 0.191 e. The monoisotopic (exact) mass is 528 g/mol. The van der Waals surface area contributed by atoms with Crippen LogP contribution in [0.5, 0.6) is 5.75 Å². The molecule has 30 heavy (non-hydrogen) atoms. The highest BCUT2D eigenvalue weighted by Crippen LogP contribution is 2.23. The normalized spacial score (nSPS) is 15.9. The number of halogens is 1. The number of nitrogens with zero attached hydrogens (tertiary/aromatic N) is 2. The van der Waals surface area contributed by atoms with Gasteiger partial charge in [0.15, 0.2) is 5.96 Å². The lowest BCUT2D eigenvalue weighted by atomic mass is 10.1. The molecule has 0 radical (unpaired) electrons. The van der Waals surface area contributed by atoms with Crippen LogP contribution in [0.1, 0.15) is 23.1 Å². The maximum absolute atomic E-state index is 5.92. The number of hydrogen-bond acceptors (Lipinski definition) is 5. The van der Waals surface area contributed by atoms with Gasteiger partial charge in [-0.05, 0) is 38.1 Å². The maximum atomic E-state index is 5.92. The quantitative estimate of drug-likeness (QED) is 0.238. The number of benzene rings is 1. The average molecular weight is 528 g/mol. The lowest BCUT2D eigenvalue weighted by Crippen LogP contribution is -2.46. The number of furan rings is 1. The molecule has 8 heteroatoms. The fourth-order valence-corrected chi connectivity index (χ4v) is 3.32. The van der Waals surface area contributed by atoms with Gasteiger partial charge in [-0.15, -0.1) is 24.0 Å². The van der Waals surface area contributed by atoms with E-state index in [-0.39, 0.29) is 30.0 Å². The van der Waals surface area contributed by atoms with E-state index in [2.05, 4.69) is 33.5 Å². The molecule has 1 aromatic carbocycles. The lowest BCUT2D eigenvalue weighted by Gasteiger charge is -2.33. The minimum atomic E-state index is 0. The second kappa shape index (κ2) is 12.8. The Hall–Kier alpha value is -1.78. The van der Waals surface area contributed by atoms with Crippen LogP contribution in [0.3, 0.4) is 0 Å². The number of aryl methyl sites for hydroxylation is 2. The van der Waals surface area contributed by atoms with Crippen LogP contribution in [0.4, 0.5) is 0 Å². The fourth-order valence-electron chi connectivity index (χ4n) is 3.32. The topological polar surface area (TPSA) is 71.3 Å². The van der Waals surface area contributed by atoms with Crippen LogP contribution in [0.2, 0.25) is 0 Å². The van der Waals surface area contributed by atoms with E-state index in [1.807, 2.05) is 37.3 Å². The molecule has 0 amide bonds. The van der Waals surface area contributed by atoms with E-state index in [1.165, 1.54) is 5.56 Å². The Morgan fingerprint density at radius 2 is 1.83 bits per heavy atom. The van der Waals surface area contributed by atoms with Gasteiger partial charge in [0.1, 0.15) is 23.9 Å². The van der Waals surface area contributed by atoms with Gasteiger partial charge in [0, 0.05) is 26.7 Å². The highest BCUT2D eigenvalue weighted by Gasteiger charge is 2.25. The highest BCUT2D eigenvalue weighted by atomic mass is 127. The highest BCUT2D eigenvalue weighted by molar-refractivity contribution is 14.0. The molecule has 3 rings (SSSR count). The molecule has 1 aromatic heterocycles. The van der Waals surface area contributed by atoms with E-state index >= 15 is 0 Å². The van der Waals surface area contributed by atoms with E-state index in [0.717, 1.165) is 49.5 Å². The molecule has 7 nitrogen and oxygen atoms in total. The minimum absolute atomic E-state index is 0. The molecule has 0 spiro atoms. The summed E-state index contributed by atoms with van der Waals surface area (Å²) < 4.78 is 17.2. The Labute approximate surface area is 196 Å². The molecule has 1 fully saturated rings. The van der Waals surface area contributed by atoms with Crippen LogP contribution < -0.4 is 15.4 Å². The van der Waals surface area contributed by atoms with Gasteiger partial charge in [-0.3, -0.25) is 9.89 Å². The SMILES string of the molecule is CN=C(NCCOc1ccc(C)cc1)NCC(c1ccc(C)o1)N1CCOCC1.I. The Bertz CT molecular complexity index is 773. The summed E-state index contributed by atoms with van der Waals surface area (Å²) in [6.45, 7) is 9.25. The van der Waals surface area contributed by atoms with Gasteiger partial charge in [-0.2, -0.15) is 0 Å². The van der Waals surface area contributed by atoms with Crippen LogP contribution >= 0.6 is 24.0 Å². The van der Waals surface area contributed by atoms with Gasteiger partial charge in [0.05, 0.1) is 25.8 Å². The predicted octanol–water partition coefficient (Wildman–Crippen LogP) is 3.13. The van der Waals surface area contributed by atoms with Gasteiger partial charge in [-0.25, -0.2) is 0 Å². The predicted molar refractivity (Wildman–Crippen MR) is 130 cm³/mol. The van der Waals surface area contributed by atoms with E-state index < -0.39 is 0 Å². The van der Waals surface area contributed by atoms with E-state index in [4.69, 9.17) is 13.9 Å². The molecule has 1 unspecified atom stereocenters. The molecule has 1 aliphatic rings. The molecule has 166 valence electrons. The first-order valence-corrected chi connectivity index (χ1v) is 10.2.